The van der Waals surface area contributed by atoms with Crippen LogP contribution in [0.15, 0.2) is 21.7 Å². The normalized spacial score (nSPS) is 10.9. The molecule has 0 amide bonds. The molecule has 0 N–H and O–H groups in total. The van der Waals surface area contributed by atoms with Crippen molar-refractivity contribution in [3.63, 3.8) is 0 Å². The van der Waals surface area contributed by atoms with Gasteiger partial charge in [-0.3, -0.25) is 9.98 Å². The topological polar surface area (TPSA) is 25.2 Å². The van der Waals surface area contributed by atoms with Gasteiger partial charge in [0.1, 0.15) is 0 Å². The number of hydrogen-bond donors (Lipinski definition) is 0. The highest BCUT2D eigenvalue weighted by atomic mass is 79.9. The maximum Gasteiger partial charge on any atom is 0.0819 e. The number of halogens is 1. The Hall–Kier alpha value is -0.700. The summed E-state index contributed by atoms with van der Waals surface area (Å²) in [5.41, 5.74) is 2.04. The maximum absolute atomic E-state index is 4.20. The van der Waals surface area contributed by atoms with E-state index in [9.17, 15) is 0 Å². The summed E-state index contributed by atoms with van der Waals surface area (Å²) < 4.78 is 1.08. The Balaban J connectivity index is 2.89. The molecule has 0 bridgehead atoms. The number of hydrogen-bond acceptors (Lipinski definition) is 2. The third-order valence-corrected chi connectivity index (χ3v) is 2.32. The van der Waals surface area contributed by atoms with Gasteiger partial charge in [-0.25, -0.2) is 0 Å². The van der Waals surface area contributed by atoms with Crippen molar-refractivity contribution in [3.05, 3.63) is 28.0 Å². The number of pyridine rings is 1. The molecule has 0 saturated heterocycles. The van der Waals surface area contributed by atoms with Gasteiger partial charge in [0.25, 0.3) is 0 Å². The SMILES string of the molecule is CC/N=C\c1cc(Br)c(C)cn1. The van der Waals surface area contributed by atoms with Crippen LogP contribution in [0.5, 0.6) is 0 Å². The third kappa shape index (κ3) is 2.41. The molecule has 0 fully saturated rings. The number of aryl methyl sites for hydroxylation is 1. The van der Waals surface area contributed by atoms with Gasteiger partial charge in [0.15, 0.2) is 0 Å². The van der Waals surface area contributed by atoms with Crippen molar-refractivity contribution in [1.82, 2.24) is 4.98 Å². The minimum atomic E-state index is 0.799. The van der Waals surface area contributed by atoms with Crippen LogP contribution in [0.3, 0.4) is 0 Å². The van der Waals surface area contributed by atoms with Gasteiger partial charge >= 0.3 is 0 Å². The first-order valence-electron chi connectivity index (χ1n) is 3.86. The summed E-state index contributed by atoms with van der Waals surface area (Å²) in [5, 5.41) is 0. The average Bonchev–Trinajstić information content (AvgIpc) is 2.07. The molecule has 1 aromatic heterocycles. The Bertz CT molecular complexity index is 295. The van der Waals surface area contributed by atoms with Crippen molar-refractivity contribution in [2.45, 2.75) is 13.8 Å². The Morgan fingerprint density at radius 3 is 3.00 bits per heavy atom. The standard InChI is InChI=1S/C9H11BrN2/c1-3-11-6-8-4-9(10)7(2)5-12-8/h4-6H,3H2,1-2H3/b11-6-. The van der Waals surface area contributed by atoms with Gasteiger partial charge < -0.3 is 0 Å². The van der Waals surface area contributed by atoms with Crippen molar-refractivity contribution >= 4 is 22.1 Å². The fourth-order valence-electron chi connectivity index (χ4n) is 0.769. The van der Waals surface area contributed by atoms with Crippen LogP contribution in [-0.4, -0.2) is 17.7 Å². The van der Waals surface area contributed by atoms with Crippen molar-refractivity contribution < 1.29 is 0 Å². The molecule has 0 aliphatic heterocycles. The molecule has 0 aliphatic carbocycles. The summed E-state index contributed by atoms with van der Waals surface area (Å²) in [6, 6.07) is 1.97. The van der Waals surface area contributed by atoms with Gasteiger partial charge in [0.05, 0.1) is 5.69 Å². The van der Waals surface area contributed by atoms with Crippen LogP contribution in [0.2, 0.25) is 0 Å². The highest BCUT2D eigenvalue weighted by Crippen LogP contribution is 2.14. The lowest BCUT2D eigenvalue weighted by Gasteiger charge is -1.97. The molecule has 0 aromatic carbocycles. The van der Waals surface area contributed by atoms with Crippen LogP contribution in [0.1, 0.15) is 18.2 Å². The molecular weight excluding hydrogens is 216 g/mol. The summed E-state index contributed by atoms with van der Waals surface area (Å²) in [6.07, 6.45) is 3.62. The van der Waals surface area contributed by atoms with E-state index in [0.29, 0.717) is 0 Å². The molecule has 1 aromatic rings. The second-order valence-corrected chi connectivity index (χ2v) is 3.34. The molecule has 3 heteroatoms. The van der Waals surface area contributed by atoms with E-state index >= 15 is 0 Å². The Labute approximate surface area is 80.9 Å². The number of aromatic nitrogens is 1. The largest absolute Gasteiger partial charge is 0.291 e. The second-order valence-electron chi connectivity index (χ2n) is 2.49. The number of rotatable bonds is 2. The van der Waals surface area contributed by atoms with Crippen LogP contribution in [0.4, 0.5) is 0 Å². The van der Waals surface area contributed by atoms with Gasteiger partial charge in [0, 0.05) is 23.4 Å². The van der Waals surface area contributed by atoms with Gasteiger partial charge in [-0.1, -0.05) is 15.9 Å². The fraction of sp³-hybridized carbons (Fsp3) is 0.333. The zero-order chi connectivity index (χ0) is 8.97. The summed E-state index contributed by atoms with van der Waals surface area (Å²) in [6.45, 7) is 4.81. The third-order valence-electron chi connectivity index (χ3n) is 1.46. The molecule has 0 aliphatic rings. The van der Waals surface area contributed by atoms with Gasteiger partial charge in [-0.05, 0) is 25.5 Å². The Kier molecular flexibility index (Phi) is 3.41. The van der Waals surface area contributed by atoms with Crippen LogP contribution in [-0.2, 0) is 0 Å². The van der Waals surface area contributed by atoms with Crippen LogP contribution < -0.4 is 0 Å². The average molecular weight is 227 g/mol. The minimum Gasteiger partial charge on any atom is -0.291 e. The Morgan fingerprint density at radius 1 is 1.67 bits per heavy atom. The molecule has 0 spiro atoms. The number of nitrogens with zero attached hydrogens (tertiary/aromatic N) is 2. The molecule has 12 heavy (non-hydrogen) atoms. The van der Waals surface area contributed by atoms with Crippen LogP contribution in [0.25, 0.3) is 0 Å². The first-order chi connectivity index (χ1) is 5.74. The van der Waals surface area contributed by atoms with E-state index in [4.69, 9.17) is 0 Å². The zero-order valence-corrected chi connectivity index (χ0v) is 8.80. The maximum atomic E-state index is 4.20. The van der Waals surface area contributed by atoms with Crippen molar-refractivity contribution in [1.29, 1.82) is 0 Å². The highest BCUT2D eigenvalue weighted by Gasteiger charge is 1.95. The minimum absolute atomic E-state index is 0.799. The van der Waals surface area contributed by atoms with E-state index in [2.05, 4.69) is 25.9 Å². The summed E-state index contributed by atoms with van der Waals surface area (Å²) in [7, 11) is 0. The zero-order valence-electron chi connectivity index (χ0n) is 7.21. The van der Waals surface area contributed by atoms with E-state index in [1.165, 1.54) is 0 Å². The predicted octanol–water partition coefficient (Wildman–Crippen LogP) is 2.59. The molecule has 0 radical (unpaired) electrons. The van der Waals surface area contributed by atoms with E-state index in [1.54, 1.807) is 6.21 Å². The lowest BCUT2D eigenvalue weighted by molar-refractivity contribution is 1.13. The Morgan fingerprint density at radius 2 is 2.42 bits per heavy atom. The molecule has 1 heterocycles. The van der Waals surface area contributed by atoms with Gasteiger partial charge in [-0.2, -0.15) is 0 Å². The molecule has 0 unspecified atom stereocenters. The summed E-state index contributed by atoms with van der Waals surface area (Å²) in [4.78, 5) is 8.30. The highest BCUT2D eigenvalue weighted by molar-refractivity contribution is 9.10. The van der Waals surface area contributed by atoms with Crippen molar-refractivity contribution in [3.8, 4) is 0 Å². The lowest BCUT2D eigenvalue weighted by atomic mass is 10.3. The van der Waals surface area contributed by atoms with Gasteiger partial charge in [0.2, 0.25) is 0 Å². The van der Waals surface area contributed by atoms with Crippen molar-refractivity contribution in [2.24, 2.45) is 4.99 Å². The molecule has 64 valence electrons. The van der Waals surface area contributed by atoms with E-state index in [0.717, 1.165) is 22.3 Å². The fourth-order valence-corrected chi connectivity index (χ4v) is 1.11. The van der Waals surface area contributed by atoms with E-state index in [1.807, 2.05) is 26.1 Å². The van der Waals surface area contributed by atoms with E-state index in [-0.39, 0.29) is 0 Å². The molecule has 0 atom stereocenters. The van der Waals surface area contributed by atoms with Crippen LogP contribution >= 0.6 is 15.9 Å². The smallest absolute Gasteiger partial charge is 0.0819 e. The quantitative estimate of drug-likeness (QED) is 0.713. The molecule has 1 rings (SSSR count). The molecule has 0 saturated carbocycles. The first-order valence-corrected chi connectivity index (χ1v) is 4.65. The molecule has 2 nitrogen and oxygen atoms in total. The first kappa shape index (κ1) is 9.39. The van der Waals surface area contributed by atoms with E-state index < -0.39 is 0 Å². The van der Waals surface area contributed by atoms with Gasteiger partial charge in [-0.15, -0.1) is 0 Å². The summed E-state index contributed by atoms with van der Waals surface area (Å²) in [5.74, 6) is 0. The van der Waals surface area contributed by atoms with Crippen LogP contribution in [0, 0.1) is 6.92 Å². The lowest BCUT2D eigenvalue weighted by Crippen LogP contribution is -1.89. The number of aliphatic imine (C=N–C) groups is 1. The predicted molar refractivity (Wildman–Crippen MR) is 54.8 cm³/mol. The summed E-state index contributed by atoms with van der Waals surface area (Å²) >= 11 is 3.44. The molecular formula is C9H11BrN2. The van der Waals surface area contributed by atoms with Crippen molar-refractivity contribution in [2.75, 3.05) is 6.54 Å². The monoisotopic (exact) mass is 226 g/mol. The second kappa shape index (κ2) is 4.36.